The van der Waals surface area contributed by atoms with Gasteiger partial charge in [0.1, 0.15) is 28.4 Å². The molecular weight excluding hydrogens is 475 g/mol. The van der Waals surface area contributed by atoms with E-state index in [2.05, 4.69) is 19.7 Å². The maximum absolute atomic E-state index is 14.9. The molecule has 2 aromatic heterocycles. The minimum Gasteiger partial charge on any atom is -0.484 e. The SMILES string of the molecule is CC(=O)OC[C@H]1COc2c(cc(F)c3nc(-c4cc(C)cc5nc(OC(F)F)cnc45)sc23)O1. The molecule has 34 heavy (non-hydrogen) atoms. The van der Waals surface area contributed by atoms with E-state index in [0.717, 1.165) is 11.8 Å². The maximum atomic E-state index is 14.9. The summed E-state index contributed by atoms with van der Waals surface area (Å²) in [6.07, 6.45) is 0.532. The molecule has 0 fully saturated rings. The number of carbonyl (C=O) groups is 1. The van der Waals surface area contributed by atoms with Gasteiger partial charge in [-0.25, -0.2) is 19.3 Å². The van der Waals surface area contributed by atoms with Gasteiger partial charge in [0.15, 0.2) is 23.4 Å². The van der Waals surface area contributed by atoms with Crippen molar-refractivity contribution in [2.45, 2.75) is 26.6 Å². The van der Waals surface area contributed by atoms with Crippen LogP contribution >= 0.6 is 11.3 Å². The Morgan fingerprint density at radius 3 is 2.85 bits per heavy atom. The van der Waals surface area contributed by atoms with Crippen molar-refractivity contribution in [3.05, 3.63) is 35.8 Å². The number of nitrogens with zero attached hydrogens (tertiary/aromatic N) is 3. The second-order valence-electron chi connectivity index (χ2n) is 7.50. The lowest BCUT2D eigenvalue weighted by Gasteiger charge is -2.26. The number of halogens is 3. The quantitative estimate of drug-likeness (QED) is 0.372. The molecule has 8 nitrogen and oxygen atoms in total. The summed E-state index contributed by atoms with van der Waals surface area (Å²) in [4.78, 5) is 23.8. The largest absolute Gasteiger partial charge is 0.484 e. The van der Waals surface area contributed by atoms with Crippen molar-refractivity contribution < 1.29 is 36.9 Å². The van der Waals surface area contributed by atoms with E-state index < -0.39 is 24.5 Å². The molecule has 0 saturated carbocycles. The molecule has 0 saturated heterocycles. The van der Waals surface area contributed by atoms with E-state index in [1.54, 1.807) is 19.1 Å². The fourth-order valence-electron chi connectivity index (χ4n) is 3.58. The number of hydrogen-bond acceptors (Lipinski definition) is 9. The normalized spacial score (nSPS) is 15.2. The van der Waals surface area contributed by atoms with Crippen molar-refractivity contribution in [2.24, 2.45) is 0 Å². The highest BCUT2D eigenvalue weighted by molar-refractivity contribution is 7.22. The van der Waals surface area contributed by atoms with Gasteiger partial charge in [-0.15, -0.1) is 11.3 Å². The Balaban J connectivity index is 1.57. The lowest BCUT2D eigenvalue weighted by molar-refractivity contribution is -0.144. The molecule has 0 unspecified atom stereocenters. The number of aromatic nitrogens is 3. The molecule has 176 valence electrons. The molecule has 0 N–H and O–H groups in total. The zero-order valence-corrected chi connectivity index (χ0v) is 18.6. The van der Waals surface area contributed by atoms with E-state index in [9.17, 15) is 18.0 Å². The van der Waals surface area contributed by atoms with Crippen LogP contribution in [0.2, 0.25) is 0 Å². The number of carbonyl (C=O) groups excluding carboxylic acids is 1. The zero-order chi connectivity index (χ0) is 24.0. The van der Waals surface area contributed by atoms with Crippen molar-refractivity contribution in [1.82, 2.24) is 15.0 Å². The molecule has 1 aliphatic heterocycles. The van der Waals surface area contributed by atoms with Crippen LogP contribution in [0.4, 0.5) is 13.2 Å². The number of aryl methyl sites for hydroxylation is 1. The molecule has 1 aliphatic rings. The molecule has 0 amide bonds. The van der Waals surface area contributed by atoms with Gasteiger partial charge >= 0.3 is 12.6 Å². The first-order chi connectivity index (χ1) is 16.3. The Bertz CT molecular complexity index is 1430. The number of rotatable bonds is 5. The molecule has 0 bridgehead atoms. The number of thiazole rings is 1. The molecule has 3 heterocycles. The Kier molecular flexibility index (Phi) is 5.60. The van der Waals surface area contributed by atoms with Crippen LogP contribution in [-0.2, 0) is 9.53 Å². The fraction of sp³-hybridized carbons (Fsp3) is 0.273. The third kappa shape index (κ3) is 4.16. The second kappa shape index (κ2) is 8.60. The molecule has 0 aliphatic carbocycles. The van der Waals surface area contributed by atoms with Crippen LogP contribution in [0.3, 0.4) is 0 Å². The van der Waals surface area contributed by atoms with Crippen LogP contribution in [0.5, 0.6) is 17.4 Å². The van der Waals surface area contributed by atoms with Crippen LogP contribution in [-0.4, -0.2) is 46.9 Å². The second-order valence-corrected chi connectivity index (χ2v) is 8.50. The van der Waals surface area contributed by atoms with Gasteiger partial charge in [0, 0.05) is 18.6 Å². The number of fused-ring (bicyclic) bond motifs is 4. The third-order valence-electron chi connectivity index (χ3n) is 4.93. The fourth-order valence-corrected chi connectivity index (χ4v) is 4.67. The van der Waals surface area contributed by atoms with Crippen molar-refractivity contribution in [1.29, 1.82) is 0 Å². The molecule has 2 aromatic carbocycles. The van der Waals surface area contributed by atoms with Gasteiger partial charge in [0.05, 0.1) is 17.2 Å². The summed E-state index contributed by atoms with van der Waals surface area (Å²) in [5, 5.41) is 0.443. The predicted molar refractivity (Wildman–Crippen MR) is 116 cm³/mol. The Hall–Kier alpha value is -3.67. The van der Waals surface area contributed by atoms with E-state index in [1.807, 2.05) is 0 Å². The third-order valence-corrected chi connectivity index (χ3v) is 6.02. The minimum absolute atomic E-state index is 0.0203. The average molecular weight is 491 g/mol. The van der Waals surface area contributed by atoms with Gasteiger partial charge in [0.2, 0.25) is 5.88 Å². The predicted octanol–water partition coefficient (Wildman–Crippen LogP) is 4.66. The highest BCUT2D eigenvalue weighted by Gasteiger charge is 2.28. The average Bonchev–Trinajstić information content (AvgIpc) is 3.22. The highest BCUT2D eigenvalue weighted by atomic mass is 32.1. The molecule has 12 heteroatoms. The number of benzene rings is 2. The van der Waals surface area contributed by atoms with E-state index in [-0.39, 0.29) is 30.4 Å². The molecule has 4 aromatic rings. The molecule has 0 spiro atoms. The molecular formula is C22H16F3N3O5S. The Morgan fingerprint density at radius 2 is 2.09 bits per heavy atom. The van der Waals surface area contributed by atoms with Gasteiger partial charge < -0.3 is 18.9 Å². The van der Waals surface area contributed by atoms with Crippen molar-refractivity contribution in [2.75, 3.05) is 13.2 Å². The van der Waals surface area contributed by atoms with E-state index >= 15 is 0 Å². The van der Waals surface area contributed by atoms with Gasteiger partial charge in [-0.3, -0.25) is 4.79 Å². The van der Waals surface area contributed by atoms with Crippen LogP contribution < -0.4 is 14.2 Å². The summed E-state index contributed by atoms with van der Waals surface area (Å²) in [6, 6.07) is 4.67. The summed E-state index contributed by atoms with van der Waals surface area (Å²) in [7, 11) is 0. The van der Waals surface area contributed by atoms with Crippen molar-refractivity contribution in [3.63, 3.8) is 0 Å². The molecule has 5 rings (SSSR count). The Morgan fingerprint density at radius 1 is 1.26 bits per heavy atom. The number of ether oxygens (including phenoxy) is 4. The van der Waals surface area contributed by atoms with E-state index in [4.69, 9.17) is 14.2 Å². The number of alkyl halides is 2. The zero-order valence-electron chi connectivity index (χ0n) is 17.8. The summed E-state index contributed by atoms with van der Waals surface area (Å²) in [6.45, 7) is 0.158. The Labute approximate surface area is 194 Å². The molecule has 0 radical (unpaired) electrons. The summed E-state index contributed by atoms with van der Waals surface area (Å²) < 4.78 is 61.4. The van der Waals surface area contributed by atoms with Gasteiger partial charge in [-0.05, 0) is 24.6 Å². The van der Waals surface area contributed by atoms with Crippen LogP contribution in [0.15, 0.2) is 24.4 Å². The van der Waals surface area contributed by atoms with Crippen molar-refractivity contribution >= 4 is 38.6 Å². The minimum atomic E-state index is -3.02. The van der Waals surface area contributed by atoms with Gasteiger partial charge in [-0.2, -0.15) is 8.78 Å². The summed E-state index contributed by atoms with van der Waals surface area (Å²) >= 11 is 1.18. The summed E-state index contributed by atoms with van der Waals surface area (Å²) in [5.41, 5.74) is 2.17. The summed E-state index contributed by atoms with van der Waals surface area (Å²) in [5.74, 6) is -0.841. The van der Waals surface area contributed by atoms with Gasteiger partial charge in [0.25, 0.3) is 0 Å². The first kappa shape index (κ1) is 22.1. The highest BCUT2D eigenvalue weighted by Crippen LogP contribution is 2.45. The molecule has 1 atom stereocenters. The first-order valence-corrected chi connectivity index (χ1v) is 10.9. The maximum Gasteiger partial charge on any atom is 0.388 e. The smallest absolute Gasteiger partial charge is 0.388 e. The van der Waals surface area contributed by atoms with Gasteiger partial charge in [-0.1, -0.05) is 0 Å². The first-order valence-electron chi connectivity index (χ1n) is 10.1. The topological polar surface area (TPSA) is 92.7 Å². The van der Waals surface area contributed by atoms with E-state index in [1.165, 1.54) is 24.3 Å². The number of esters is 1. The monoisotopic (exact) mass is 491 g/mol. The van der Waals surface area contributed by atoms with Crippen LogP contribution in [0.1, 0.15) is 12.5 Å². The van der Waals surface area contributed by atoms with Crippen LogP contribution in [0, 0.1) is 12.7 Å². The lowest BCUT2D eigenvalue weighted by Crippen LogP contribution is -2.34. The van der Waals surface area contributed by atoms with E-state index in [0.29, 0.717) is 32.1 Å². The number of hydrogen-bond donors (Lipinski definition) is 0. The van der Waals surface area contributed by atoms with Crippen molar-refractivity contribution in [3.8, 4) is 28.0 Å². The standard InChI is InChI=1S/C22H16F3N3O5S/c1-9-3-12(17-14(4-9)27-16(6-26-17)33-22(24)25)21-28-18-13(23)5-15-19(20(18)34-21)31-8-11(32-15)7-30-10(2)29/h3-6,11,22H,7-8H2,1-2H3/t11-/m0/s1. The van der Waals surface area contributed by atoms with Crippen LogP contribution in [0.25, 0.3) is 31.8 Å². The lowest BCUT2D eigenvalue weighted by atomic mass is 10.1.